The Morgan fingerprint density at radius 1 is 1.39 bits per heavy atom. The number of rotatable bonds is 3. The van der Waals surface area contributed by atoms with Crippen LogP contribution in [0.25, 0.3) is 0 Å². The van der Waals surface area contributed by atoms with Gasteiger partial charge in [-0.15, -0.1) is 0 Å². The minimum absolute atomic E-state index is 0.0346. The van der Waals surface area contributed by atoms with Crippen molar-refractivity contribution < 1.29 is 8.42 Å². The molecule has 0 saturated heterocycles. The molecule has 1 heterocycles. The summed E-state index contributed by atoms with van der Waals surface area (Å²) in [7, 11) is -2.01. The second-order valence-electron chi connectivity index (χ2n) is 3.66. The number of nitrogens with zero attached hydrogens (tertiary/aromatic N) is 2. The van der Waals surface area contributed by atoms with Crippen LogP contribution in [0.4, 0.5) is 11.5 Å². The van der Waals surface area contributed by atoms with Crippen molar-refractivity contribution in [1.82, 2.24) is 9.78 Å². The minimum atomic E-state index is -3.71. The molecule has 3 N–H and O–H groups in total. The Morgan fingerprint density at radius 2 is 2.11 bits per heavy atom. The molecular weight excluding hydrogens is 276 g/mol. The molecule has 1 aromatic carbocycles. The summed E-state index contributed by atoms with van der Waals surface area (Å²) in [6.45, 7) is 0. The summed E-state index contributed by atoms with van der Waals surface area (Å²) < 4.78 is 27.9. The topological polar surface area (TPSA) is 90.0 Å². The molecule has 1 aromatic heterocycles. The van der Waals surface area contributed by atoms with Crippen molar-refractivity contribution >= 4 is 33.1 Å². The number of aryl methyl sites for hydroxylation is 1. The van der Waals surface area contributed by atoms with Gasteiger partial charge in [0.25, 0.3) is 10.0 Å². The molecule has 8 heteroatoms. The second-order valence-corrected chi connectivity index (χ2v) is 5.75. The van der Waals surface area contributed by atoms with Crippen LogP contribution >= 0.6 is 11.6 Å². The highest BCUT2D eigenvalue weighted by Gasteiger charge is 2.16. The Labute approximate surface area is 109 Å². The normalized spacial score (nSPS) is 11.4. The quantitative estimate of drug-likeness (QED) is 0.836. The van der Waals surface area contributed by atoms with Gasteiger partial charge in [0.15, 0.2) is 5.82 Å². The average molecular weight is 287 g/mol. The number of nitrogens with two attached hydrogens (primary N) is 1. The van der Waals surface area contributed by atoms with E-state index in [1.807, 2.05) is 0 Å². The predicted octanol–water partition coefficient (Wildman–Crippen LogP) is 1.46. The molecule has 2 rings (SSSR count). The summed E-state index contributed by atoms with van der Waals surface area (Å²) in [6, 6.07) is 5.67. The highest BCUT2D eigenvalue weighted by molar-refractivity contribution is 7.92. The molecule has 0 saturated carbocycles. The second kappa shape index (κ2) is 4.51. The Bertz CT molecular complexity index is 681. The van der Waals surface area contributed by atoms with E-state index in [0.717, 1.165) is 0 Å². The Morgan fingerprint density at radius 3 is 2.67 bits per heavy atom. The maximum absolute atomic E-state index is 12.0. The van der Waals surface area contributed by atoms with Gasteiger partial charge in [0.05, 0.1) is 15.6 Å². The van der Waals surface area contributed by atoms with Gasteiger partial charge in [-0.2, -0.15) is 5.10 Å². The van der Waals surface area contributed by atoms with Crippen LogP contribution in [0.3, 0.4) is 0 Å². The Balaban J connectivity index is 2.33. The van der Waals surface area contributed by atoms with E-state index in [0.29, 0.717) is 5.69 Å². The van der Waals surface area contributed by atoms with Crippen molar-refractivity contribution in [2.24, 2.45) is 7.05 Å². The van der Waals surface area contributed by atoms with Crippen LogP contribution in [0.5, 0.6) is 0 Å². The Hall–Kier alpha value is -1.73. The first-order valence-electron chi connectivity index (χ1n) is 4.96. The number of hydrogen-bond donors (Lipinski definition) is 2. The third-order valence-corrected chi connectivity index (χ3v) is 3.91. The van der Waals surface area contributed by atoms with Crippen molar-refractivity contribution in [3.63, 3.8) is 0 Å². The monoisotopic (exact) mass is 286 g/mol. The van der Waals surface area contributed by atoms with E-state index in [-0.39, 0.29) is 15.7 Å². The molecule has 0 spiro atoms. The number of anilines is 2. The molecular formula is C10H11ClN4O2S. The van der Waals surface area contributed by atoms with E-state index in [4.69, 9.17) is 17.3 Å². The van der Waals surface area contributed by atoms with Crippen molar-refractivity contribution in [3.8, 4) is 0 Å². The molecule has 0 amide bonds. The zero-order chi connectivity index (χ0) is 13.3. The molecule has 18 heavy (non-hydrogen) atoms. The van der Waals surface area contributed by atoms with Crippen LogP contribution in [-0.2, 0) is 17.1 Å². The predicted molar refractivity (Wildman–Crippen MR) is 69.9 cm³/mol. The molecule has 0 aliphatic carbocycles. The van der Waals surface area contributed by atoms with E-state index in [1.165, 1.54) is 22.9 Å². The number of benzene rings is 1. The number of hydrogen-bond acceptors (Lipinski definition) is 4. The maximum Gasteiger partial charge on any atom is 0.263 e. The first-order valence-corrected chi connectivity index (χ1v) is 6.82. The largest absolute Gasteiger partial charge is 0.398 e. The molecule has 2 aromatic rings. The van der Waals surface area contributed by atoms with Gasteiger partial charge in [-0.25, -0.2) is 8.42 Å². The molecule has 0 radical (unpaired) electrons. The number of sulfonamides is 1. The summed E-state index contributed by atoms with van der Waals surface area (Å²) in [5.74, 6) is 0.241. The number of nitrogens with one attached hydrogen (secondary N) is 1. The van der Waals surface area contributed by atoms with Crippen molar-refractivity contribution in [3.05, 3.63) is 35.5 Å². The van der Waals surface area contributed by atoms with Crippen molar-refractivity contribution in [2.45, 2.75) is 4.90 Å². The highest BCUT2D eigenvalue weighted by Crippen LogP contribution is 2.23. The highest BCUT2D eigenvalue weighted by atomic mass is 35.5. The summed E-state index contributed by atoms with van der Waals surface area (Å²) in [5.41, 5.74) is 5.85. The standard InChI is InChI=1S/C10H11ClN4O2S/c1-15-5-4-10(13-15)14-18(16,17)7-2-3-9(12)8(11)6-7/h2-6H,12H2,1H3,(H,13,14). The third-order valence-electron chi connectivity index (χ3n) is 2.23. The van der Waals surface area contributed by atoms with Crippen LogP contribution in [0, 0.1) is 0 Å². The number of halogens is 1. The van der Waals surface area contributed by atoms with Gasteiger partial charge in [-0.1, -0.05) is 11.6 Å². The summed E-state index contributed by atoms with van der Waals surface area (Å²) in [4.78, 5) is 0.0346. The number of nitrogen functional groups attached to an aromatic ring is 1. The first-order chi connectivity index (χ1) is 8.38. The molecule has 0 unspecified atom stereocenters. The van der Waals surface area contributed by atoms with Crippen LogP contribution in [0.15, 0.2) is 35.4 Å². The molecule has 0 atom stereocenters. The lowest BCUT2D eigenvalue weighted by Crippen LogP contribution is -2.13. The van der Waals surface area contributed by atoms with Gasteiger partial charge in [-0.3, -0.25) is 9.40 Å². The van der Waals surface area contributed by atoms with Crippen molar-refractivity contribution in [2.75, 3.05) is 10.5 Å². The van der Waals surface area contributed by atoms with E-state index >= 15 is 0 Å². The first kappa shape index (κ1) is 12.7. The minimum Gasteiger partial charge on any atom is -0.398 e. The van der Waals surface area contributed by atoms with Gasteiger partial charge in [0.2, 0.25) is 0 Å². The fourth-order valence-electron chi connectivity index (χ4n) is 1.34. The zero-order valence-electron chi connectivity index (χ0n) is 9.46. The van der Waals surface area contributed by atoms with Crippen LogP contribution in [0.2, 0.25) is 5.02 Å². The fraction of sp³-hybridized carbons (Fsp3) is 0.100. The van der Waals surface area contributed by atoms with Gasteiger partial charge in [0.1, 0.15) is 0 Å². The van der Waals surface area contributed by atoms with E-state index in [1.54, 1.807) is 19.3 Å². The van der Waals surface area contributed by atoms with Gasteiger partial charge >= 0.3 is 0 Å². The van der Waals surface area contributed by atoms with E-state index in [2.05, 4.69) is 9.82 Å². The fourth-order valence-corrected chi connectivity index (χ4v) is 2.61. The smallest absolute Gasteiger partial charge is 0.263 e. The number of aromatic nitrogens is 2. The lowest BCUT2D eigenvalue weighted by molar-refractivity contribution is 0.601. The van der Waals surface area contributed by atoms with E-state index in [9.17, 15) is 8.42 Å². The third kappa shape index (κ3) is 2.57. The van der Waals surface area contributed by atoms with Crippen molar-refractivity contribution in [1.29, 1.82) is 0 Å². The van der Waals surface area contributed by atoms with Gasteiger partial charge in [0, 0.05) is 19.3 Å². The average Bonchev–Trinajstić information content (AvgIpc) is 2.67. The molecule has 0 aliphatic rings. The summed E-state index contributed by atoms with van der Waals surface area (Å²) >= 11 is 5.79. The lowest BCUT2D eigenvalue weighted by atomic mass is 10.3. The van der Waals surface area contributed by atoms with Gasteiger partial charge in [-0.05, 0) is 18.2 Å². The van der Waals surface area contributed by atoms with Crippen LogP contribution < -0.4 is 10.5 Å². The van der Waals surface area contributed by atoms with Gasteiger partial charge < -0.3 is 5.73 Å². The molecule has 0 aliphatic heterocycles. The molecule has 0 fully saturated rings. The zero-order valence-corrected chi connectivity index (χ0v) is 11.0. The molecule has 0 bridgehead atoms. The van der Waals surface area contributed by atoms with Crippen LogP contribution in [-0.4, -0.2) is 18.2 Å². The lowest BCUT2D eigenvalue weighted by Gasteiger charge is -2.06. The summed E-state index contributed by atoms with van der Waals surface area (Å²) in [6.07, 6.45) is 1.63. The summed E-state index contributed by atoms with van der Waals surface area (Å²) in [5, 5.41) is 4.12. The molecule has 96 valence electrons. The Kier molecular flexibility index (Phi) is 3.18. The van der Waals surface area contributed by atoms with Crippen LogP contribution in [0.1, 0.15) is 0 Å². The molecule has 6 nitrogen and oxygen atoms in total. The SMILES string of the molecule is Cn1ccc(NS(=O)(=O)c2ccc(N)c(Cl)c2)n1. The maximum atomic E-state index is 12.0. The van der Waals surface area contributed by atoms with E-state index < -0.39 is 10.0 Å².